The third-order valence-electron chi connectivity index (χ3n) is 0.661. The zero-order chi connectivity index (χ0) is 9.83. The number of nitrogens with one attached hydrogen (secondary N) is 1. The molecule has 9 heteroatoms. The quantitative estimate of drug-likeness (QED) is 0.436. The first-order chi connectivity index (χ1) is 5.27. The largest absolute Gasteiger partial charge is 0.331 e. The highest BCUT2D eigenvalue weighted by Gasteiger charge is 2.10. The van der Waals surface area contributed by atoms with E-state index in [9.17, 15) is 21.6 Å². The van der Waals surface area contributed by atoms with E-state index in [1.54, 1.807) is 4.72 Å². The Morgan fingerprint density at radius 3 is 2.17 bits per heavy atom. The molecule has 0 heterocycles. The van der Waals surface area contributed by atoms with Crippen LogP contribution in [0.15, 0.2) is 4.40 Å². The second-order valence-corrected chi connectivity index (χ2v) is 5.43. The fraction of sp³-hybridized carbons (Fsp3) is 0.667. The van der Waals surface area contributed by atoms with Crippen LogP contribution in [0.4, 0.5) is 0 Å². The van der Waals surface area contributed by atoms with Gasteiger partial charge in [0, 0.05) is 6.26 Å². The van der Waals surface area contributed by atoms with Gasteiger partial charge < -0.3 is 0 Å². The van der Waals surface area contributed by atoms with Crippen molar-refractivity contribution in [1.82, 2.24) is 4.72 Å². The van der Waals surface area contributed by atoms with Crippen LogP contribution < -0.4 is 4.72 Å². The molecule has 0 unspecified atom stereocenters. The maximum atomic E-state index is 10.5. The smallest absolute Gasteiger partial charge is 0.228 e. The number of carbonyl (C=O) groups excluding carboxylic acids is 1. The zero-order valence-corrected chi connectivity index (χ0v) is 7.65. The van der Waals surface area contributed by atoms with Gasteiger partial charge in [0.25, 0.3) is 6.08 Å². The molecule has 12 heavy (non-hydrogen) atoms. The maximum Gasteiger partial charge on any atom is 0.331 e. The van der Waals surface area contributed by atoms with E-state index in [1.165, 1.54) is 0 Å². The molecule has 0 aliphatic rings. The van der Waals surface area contributed by atoms with Crippen molar-refractivity contribution >= 4 is 26.1 Å². The van der Waals surface area contributed by atoms with Gasteiger partial charge in [-0.3, -0.25) is 0 Å². The molecule has 0 rings (SSSR count). The number of nitrogens with zero attached hydrogens (tertiary/aromatic N) is 1. The van der Waals surface area contributed by atoms with E-state index in [-0.39, 0.29) is 0 Å². The van der Waals surface area contributed by atoms with Crippen molar-refractivity contribution in [3.8, 4) is 0 Å². The number of hydrogen-bond acceptors (Lipinski definition) is 5. The van der Waals surface area contributed by atoms with E-state index >= 15 is 0 Å². The molecule has 0 aromatic carbocycles. The van der Waals surface area contributed by atoms with Crippen molar-refractivity contribution in [1.29, 1.82) is 0 Å². The summed E-state index contributed by atoms with van der Waals surface area (Å²) < 4.78 is 45.7. The van der Waals surface area contributed by atoms with Crippen LogP contribution in [0.25, 0.3) is 0 Å². The topological polar surface area (TPSA) is 110 Å². The highest BCUT2D eigenvalue weighted by atomic mass is 32.2. The molecule has 0 aromatic heterocycles. The van der Waals surface area contributed by atoms with Crippen LogP contribution >= 0.6 is 0 Å². The van der Waals surface area contributed by atoms with Gasteiger partial charge in [0.1, 0.15) is 5.88 Å². The highest BCUT2D eigenvalue weighted by molar-refractivity contribution is 7.93. The van der Waals surface area contributed by atoms with Crippen molar-refractivity contribution in [2.75, 3.05) is 12.1 Å². The second-order valence-electron chi connectivity index (χ2n) is 1.87. The van der Waals surface area contributed by atoms with Crippen molar-refractivity contribution in [3.63, 3.8) is 0 Å². The van der Waals surface area contributed by atoms with Crippen LogP contribution in [0.2, 0.25) is 0 Å². The lowest BCUT2D eigenvalue weighted by molar-refractivity contribution is 0.561. The van der Waals surface area contributed by atoms with Gasteiger partial charge in [-0.15, -0.1) is 0 Å². The Kier molecular flexibility index (Phi) is 3.53. The minimum atomic E-state index is -4.19. The Balaban J connectivity index is 4.41. The van der Waals surface area contributed by atoms with Crippen molar-refractivity contribution in [3.05, 3.63) is 0 Å². The van der Waals surface area contributed by atoms with Gasteiger partial charge in [0.15, 0.2) is 9.84 Å². The molecule has 0 spiro atoms. The lowest BCUT2D eigenvalue weighted by Gasteiger charge is -1.96. The summed E-state index contributed by atoms with van der Waals surface area (Å²) in [5.41, 5.74) is 0. The molecular formula is C3H6N2O5S2. The van der Waals surface area contributed by atoms with E-state index in [2.05, 4.69) is 4.40 Å². The first-order valence-electron chi connectivity index (χ1n) is 2.53. The molecule has 70 valence electrons. The highest BCUT2D eigenvalue weighted by Crippen LogP contribution is 1.85. The second kappa shape index (κ2) is 3.76. The van der Waals surface area contributed by atoms with Crippen LogP contribution in [0.5, 0.6) is 0 Å². The molecule has 0 bridgehead atoms. The van der Waals surface area contributed by atoms with Gasteiger partial charge in [0.2, 0.25) is 0 Å². The van der Waals surface area contributed by atoms with Crippen molar-refractivity contribution in [2.45, 2.75) is 0 Å². The summed E-state index contributed by atoms with van der Waals surface area (Å²) in [4.78, 5) is 9.48. The van der Waals surface area contributed by atoms with Crippen LogP contribution in [0, 0.1) is 0 Å². The molecule has 0 saturated heterocycles. The Morgan fingerprint density at radius 2 is 1.83 bits per heavy atom. The zero-order valence-electron chi connectivity index (χ0n) is 6.01. The summed E-state index contributed by atoms with van der Waals surface area (Å²) in [7, 11) is -7.65. The van der Waals surface area contributed by atoms with Crippen molar-refractivity contribution in [2.24, 2.45) is 4.40 Å². The van der Waals surface area contributed by atoms with Crippen LogP contribution in [0.3, 0.4) is 0 Å². The van der Waals surface area contributed by atoms with E-state index in [4.69, 9.17) is 0 Å². The third-order valence-corrected chi connectivity index (χ3v) is 2.34. The molecule has 0 radical (unpaired) electrons. The Morgan fingerprint density at radius 1 is 1.33 bits per heavy atom. The number of isocyanates is 1. The van der Waals surface area contributed by atoms with Gasteiger partial charge in [-0.1, -0.05) is 4.40 Å². The first-order valence-corrected chi connectivity index (χ1v) is 6.03. The summed E-state index contributed by atoms with van der Waals surface area (Å²) >= 11 is 0. The van der Waals surface area contributed by atoms with Gasteiger partial charge in [-0.05, 0) is 0 Å². The average molecular weight is 214 g/mol. The van der Waals surface area contributed by atoms with Crippen LogP contribution in [-0.2, 0) is 24.8 Å². The normalized spacial score (nSPS) is 12.1. The fourth-order valence-corrected chi connectivity index (χ4v) is 1.88. The summed E-state index contributed by atoms with van der Waals surface area (Å²) in [5.74, 6) is -0.791. The minimum Gasteiger partial charge on any atom is -0.228 e. The summed E-state index contributed by atoms with van der Waals surface area (Å²) in [6.07, 6.45) is 1.61. The summed E-state index contributed by atoms with van der Waals surface area (Å²) in [5, 5.41) is 0. The molecular weight excluding hydrogens is 208 g/mol. The predicted molar refractivity (Wildman–Crippen MR) is 39.9 cm³/mol. The van der Waals surface area contributed by atoms with Crippen LogP contribution in [-0.4, -0.2) is 35.0 Å². The average Bonchev–Trinajstić information content (AvgIpc) is 1.83. The minimum absolute atomic E-state index is 0.774. The summed E-state index contributed by atoms with van der Waals surface area (Å²) in [6.45, 7) is 0. The molecule has 0 aliphatic carbocycles. The Labute approximate surface area is 69.6 Å². The monoisotopic (exact) mass is 214 g/mol. The van der Waals surface area contributed by atoms with Crippen molar-refractivity contribution < 1.29 is 21.6 Å². The lowest BCUT2D eigenvalue weighted by Crippen LogP contribution is -2.27. The maximum absolute atomic E-state index is 10.5. The van der Waals surface area contributed by atoms with Gasteiger partial charge in [0.05, 0.1) is 0 Å². The number of sulfone groups is 1. The molecule has 0 aromatic rings. The Bertz CT molecular complexity index is 386. The summed E-state index contributed by atoms with van der Waals surface area (Å²) in [6, 6.07) is 0. The standard InChI is InChI=1S/C3H6N2O5S2/c1-11(7,8)3-5-12(9,10)4-2-6/h5H,3H2,1H3. The van der Waals surface area contributed by atoms with Gasteiger partial charge in [-0.2, -0.15) is 13.1 Å². The van der Waals surface area contributed by atoms with Gasteiger partial charge in [-0.25, -0.2) is 13.2 Å². The van der Waals surface area contributed by atoms with E-state index in [1.807, 2.05) is 0 Å². The third kappa shape index (κ3) is 5.98. The SMILES string of the molecule is CS(=O)(=O)CNS(=O)(=O)N=C=O. The molecule has 1 N–H and O–H groups in total. The molecule has 0 aliphatic heterocycles. The van der Waals surface area contributed by atoms with E-state index in [0.717, 1.165) is 12.3 Å². The molecule has 0 amide bonds. The first kappa shape index (κ1) is 11.2. The number of rotatable bonds is 4. The predicted octanol–water partition coefficient (Wildman–Crippen LogP) is -1.84. The fourth-order valence-electron chi connectivity index (χ4n) is 0.263. The van der Waals surface area contributed by atoms with Crippen LogP contribution in [0.1, 0.15) is 0 Å². The molecule has 0 fully saturated rings. The number of hydrogen-bond donors (Lipinski definition) is 1. The van der Waals surface area contributed by atoms with Gasteiger partial charge >= 0.3 is 10.2 Å². The lowest BCUT2D eigenvalue weighted by atomic mass is 11.5. The molecule has 0 saturated carbocycles. The Hall–Kier alpha value is -0.760. The molecule has 0 atom stereocenters. The molecule has 7 nitrogen and oxygen atoms in total. The van der Waals surface area contributed by atoms with E-state index in [0.29, 0.717) is 0 Å². The van der Waals surface area contributed by atoms with E-state index < -0.39 is 25.9 Å².